The Bertz CT molecular complexity index is 407. The van der Waals surface area contributed by atoms with Crippen molar-refractivity contribution in [2.75, 3.05) is 19.8 Å². The van der Waals surface area contributed by atoms with Crippen LogP contribution in [0.1, 0.15) is 37.9 Å². The number of benzene rings is 1. The lowest BCUT2D eigenvalue weighted by molar-refractivity contribution is -0.0212. The lowest BCUT2D eigenvalue weighted by Gasteiger charge is -2.28. The molecule has 2 rings (SSSR count). The molecule has 2 N–H and O–H groups in total. The van der Waals surface area contributed by atoms with E-state index in [0.717, 1.165) is 38.0 Å². The summed E-state index contributed by atoms with van der Waals surface area (Å²) >= 11 is 0. The molecule has 1 aromatic carbocycles. The van der Waals surface area contributed by atoms with E-state index in [-0.39, 0.29) is 18.0 Å². The van der Waals surface area contributed by atoms with E-state index in [1.54, 1.807) is 6.07 Å². The van der Waals surface area contributed by atoms with Crippen LogP contribution in [0.25, 0.3) is 0 Å². The molecule has 0 aliphatic carbocycles. The van der Waals surface area contributed by atoms with Crippen LogP contribution in [0, 0.1) is 11.7 Å². The van der Waals surface area contributed by atoms with Crippen LogP contribution in [0.3, 0.4) is 0 Å². The van der Waals surface area contributed by atoms with Gasteiger partial charge in [0.05, 0.1) is 12.7 Å². The van der Waals surface area contributed by atoms with Crippen molar-refractivity contribution in [3.63, 3.8) is 0 Å². The second kappa shape index (κ2) is 7.72. The predicted octanol–water partition coefficient (Wildman–Crippen LogP) is 3.05. The molecule has 2 atom stereocenters. The average Bonchev–Trinajstić information content (AvgIpc) is 2.48. The third kappa shape index (κ3) is 4.27. The Kier molecular flexibility index (Phi) is 5.95. The Morgan fingerprint density at radius 1 is 1.40 bits per heavy atom. The largest absolute Gasteiger partial charge is 0.381 e. The topological polar surface area (TPSA) is 44.5 Å². The average molecular weight is 281 g/mol. The van der Waals surface area contributed by atoms with Crippen LogP contribution in [0.5, 0.6) is 0 Å². The van der Waals surface area contributed by atoms with E-state index in [1.165, 1.54) is 12.1 Å². The Morgan fingerprint density at radius 3 is 2.80 bits per heavy atom. The molecule has 1 saturated heterocycles. The molecule has 0 saturated carbocycles. The molecule has 0 bridgehead atoms. The van der Waals surface area contributed by atoms with Gasteiger partial charge in [-0.3, -0.25) is 0 Å². The van der Waals surface area contributed by atoms with Crippen molar-refractivity contribution >= 4 is 0 Å². The number of halogens is 1. The highest BCUT2D eigenvalue weighted by Crippen LogP contribution is 2.25. The van der Waals surface area contributed by atoms with E-state index in [0.29, 0.717) is 12.5 Å². The Hall–Kier alpha value is -0.970. The van der Waals surface area contributed by atoms with Gasteiger partial charge in [0.1, 0.15) is 5.82 Å². The third-order valence-corrected chi connectivity index (χ3v) is 3.89. The highest BCUT2D eigenvalue weighted by Gasteiger charge is 2.22. The molecule has 0 spiro atoms. The molecule has 1 heterocycles. The van der Waals surface area contributed by atoms with Crippen LogP contribution in [0.4, 0.5) is 4.39 Å². The second-order valence-electron chi connectivity index (χ2n) is 5.44. The van der Waals surface area contributed by atoms with Crippen LogP contribution < -0.4 is 5.73 Å². The lowest BCUT2D eigenvalue weighted by Crippen LogP contribution is -2.31. The van der Waals surface area contributed by atoms with Gasteiger partial charge in [-0.1, -0.05) is 19.1 Å². The molecule has 0 amide bonds. The number of ether oxygens (including phenoxy) is 2. The summed E-state index contributed by atoms with van der Waals surface area (Å²) in [6.45, 7) is 4.30. The predicted molar refractivity (Wildman–Crippen MR) is 76.9 cm³/mol. The summed E-state index contributed by atoms with van der Waals surface area (Å²) in [6, 6.07) is 6.43. The van der Waals surface area contributed by atoms with Gasteiger partial charge in [0.15, 0.2) is 0 Å². The smallest absolute Gasteiger partial charge is 0.123 e. The minimum absolute atomic E-state index is 0.114. The van der Waals surface area contributed by atoms with Crippen LogP contribution >= 0.6 is 0 Å². The summed E-state index contributed by atoms with van der Waals surface area (Å²) in [7, 11) is 0. The Balaban J connectivity index is 2.00. The first-order valence-corrected chi connectivity index (χ1v) is 7.41. The fraction of sp³-hybridized carbons (Fsp3) is 0.625. The van der Waals surface area contributed by atoms with Crippen molar-refractivity contribution in [1.29, 1.82) is 0 Å². The van der Waals surface area contributed by atoms with E-state index < -0.39 is 0 Å². The van der Waals surface area contributed by atoms with E-state index >= 15 is 0 Å². The van der Waals surface area contributed by atoms with E-state index in [9.17, 15) is 4.39 Å². The summed E-state index contributed by atoms with van der Waals surface area (Å²) in [4.78, 5) is 0. The van der Waals surface area contributed by atoms with Gasteiger partial charge in [-0.05, 0) is 42.9 Å². The summed E-state index contributed by atoms with van der Waals surface area (Å²) < 4.78 is 24.8. The fourth-order valence-electron chi connectivity index (χ4n) is 2.52. The maximum Gasteiger partial charge on any atom is 0.123 e. The Morgan fingerprint density at radius 2 is 2.15 bits per heavy atom. The monoisotopic (exact) mass is 281 g/mol. The van der Waals surface area contributed by atoms with Crippen molar-refractivity contribution in [2.24, 2.45) is 11.7 Å². The summed E-state index contributed by atoms with van der Waals surface area (Å²) in [6.07, 6.45) is 2.61. The van der Waals surface area contributed by atoms with E-state index in [4.69, 9.17) is 15.2 Å². The van der Waals surface area contributed by atoms with Gasteiger partial charge in [0.25, 0.3) is 0 Å². The fourth-order valence-corrected chi connectivity index (χ4v) is 2.52. The Labute approximate surface area is 120 Å². The normalized spacial score (nSPS) is 19.8. The number of rotatable bonds is 6. The molecule has 112 valence electrons. The molecule has 1 aliphatic rings. The quantitative estimate of drug-likeness (QED) is 0.871. The molecule has 0 radical (unpaired) electrons. The van der Waals surface area contributed by atoms with E-state index in [2.05, 4.69) is 0 Å². The molecule has 0 aromatic heterocycles. The van der Waals surface area contributed by atoms with Crippen molar-refractivity contribution in [1.82, 2.24) is 0 Å². The first-order chi connectivity index (χ1) is 9.70. The van der Waals surface area contributed by atoms with Crippen molar-refractivity contribution in [3.8, 4) is 0 Å². The van der Waals surface area contributed by atoms with Crippen LogP contribution in [-0.4, -0.2) is 25.9 Å². The SMILES string of the molecule is CCC(N)C(OCC1CCOCC1)c1cccc(F)c1. The molecule has 20 heavy (non-hydrogen) atoms. The standard InChI is InChI=1S/C16H24FNO2/c1-2-15(18)16(13-4-3-5-14(17)10-13)20-11-12-6-8-19-9-7-12/h3-5,10,12,15-16H,2,6-9,11,18H2,1H3. The van der Waals surface area contributed by atoms with Gasteiger partial charge < -0.3 is 15.2 Å². The zero-order valence-corrected chi connectivity index (χ0v) is 12.1. The first-order valence-electron chi connectivity index (χ1n) is 7.41. The van der Waals surface area contributed by atoms with Crippen LogP contribution in [-0.2, 0) is 9.47 Å². The van der Waals surface area contributed by atoms with Crippen molar-refractivity contribution < 1.29 is 13.9 Å². The molecule has 3 nitrogen and oxygen atoms in total. The van der Waals surface area contributed by atoms with Gasteiger partial charge in [-0.15, -0.1) is 0 Å². The van der Waals surface area contributed by atoms with E-state index in [1.807, 2.05) is 13.0 Å². The highest BCUT2D eigenvalue weighted by molar-refractivity contribution is 5.20. The maximum atomic E-state index is 13.4. The third-order valence-electron chi connectivity index (χ3n) is 3.89. The van der Waals surface area contributed by atoms with Gasteiger partial charge in [0.2, 0.25) is 0 Å². The minimum atomic E-state index is -0.245. The minimum Gasteiger partial charge on any atom is -0.381 e. The van der Waals surface area contributed by atoms with Gasteiger partial charge >= 0.3 is 0 Å². The molecule has 1 aliphatic heterocycles. The molecule has 2 unspecified atom stereocenters. The van der Waals surface area contributed by atoms with Crippen molar-refractivity contribution in [2.45, 2.75) is 38.3 Å². The molecule has 1 aromatic rings. The highest BCUT2D eigenvalue weighted by atomic mass is 19.1. The summed E-state index contributed by atoms with van der Waals surface area (Å²) in [5, 5.41) is 0. The van der Waals surface area contributed by atoms with Crippen molar-refractivity contribution in [3.05, 3.63) is 35.6 Å². The molecular formula is C16H24FNO2. The second-order valence-corrected chi connectivity index (χ2v) is 5.44. The van der Waals surface area contributed by atoms with Gasteiger partial charge in [0, 0.05) is 19.3 Å². The summed E-state index contributed by atoms with van der Waals surface area (Å²) in [5.41, 5.74) is 6.97. The first kappa shape index (κ1) is 15.4. The number of hydrogen-bond donors (Lipinski definition) is 1. The van der Waals surface area contributed by atoms with Crippen LogP contribution in [0.2, 0.25) is 0 Å². The zero-order valence-electron chi connectivity index (χ0n) is 12.1. The molecular weight excluding hydrogens is 257 g/mol. The number of nitrogens with two attached hydrogens (primary N) is 1. The number of hydrogen-bond acceptors (Lipinski definition) is 3. The summed E-state index contributed by atoms with van der Waals surface area (Å²) in [5.74, 6) is 0.273. The molecule has 1 fully saturated rings. The lowest BCUT2D eigenvalue weighted by atomic mass is 9.99. The zero-order chi connectivity index (χ0) is 14.4. The van der Waals surface area contributed by atoms with Gasteiger partial charge in [-0.25, -0.2) is 4.39 Å². The maximum absolute atomic E-state index is 13.4. The molecule has 4 heteroatoms. The van der Waals surface area contributed by atoms with Gasteiger partial charge in [-0.2, -0.15) is 0 Å². The van der Waals surface area contributed by atoms with Crippen LogP contribution in [0.15, 0.2) is 24.3 Å².